The largest absolute Gasteiger partial charge is 0.494 e. The molecule has 0 saturated carbocycles. The minimum Gasteiger partial charge on any atom is -0.494 e. The van der Waals surface area contributed by atoms with Gasteiger partial charge in [-0.25, -0.2) is 0 Å². The van der Waals surface area contributed by atoms with Crippen LogP contribution in [0.1, 0.15) is 19.3 Å². The van der Waals surface area contributed by atoms with Crippen molar-refractivity contribution < 1.29 is 19.1 Å². The summed E-state index contributed by atoms with van der Waals surface area (Å²) in [6.07, 6.45) is 1.63. The summed E-state index contributed by atoms with van der Waals surface area (Å²) in [5, 5.41) is 2.76. The van der Waals surface area contributed by atoms with Gasteiger partial charge < -0.3 is 14.8 Å². The van der Waals surface area contributed by atoms with Gasteiger partial charge in [-0.2, -0.15) is 0 Å². The number of amides is 1. The van der Waals surface area contributed by atoms with Gasteiger partial charge in [0.15, 0.2) is 6.61 Å². The molecule has 0 radical (unpaired) electrons. The number of benzene rings is 2. The van der Waals surface area contributed by atoms with Crippen molar-refractivity contribution in [2.75, 3.05) is 25.5 Å². The Morgan fingerprint density at radius 3 is 2.37 bits per heavy atom. The van der Waals surface area contributed by atoms with Crippen molar-refractivity contribution in [1.29, 1.82) is 0 Å². The molecule has 1 amide bonds. The molecule has 2 rings (SSSR count). The lowest BCUT2D eigenvalue weighted by atomic mass is 10.3. The molecule has 1 N–H and O–H groups in total. The van der Waals surface area contributed by atoms with Crippen LogP contribution in [0.2, 0.25) is 0 Å². The highest BCUT2D eigenvalue weighted by Gasteiger charge is 2.07. The van der Waals surface area contributed by atoms with Crippen molar-refractivity contribution in [3.8, 4) is 5.75 Å². The summed E-state index contributed by atoms with van der Waals surface area (Å²) >= 11 is 1.75. The molecule has 0 aromatic heterocycles. The van der Waals surface area contributed by atoms with Gasteiger partial charge in [-0.3, -0.25) is 9.59 Å². The van der Waals surface area contributed by atoms with E-state index in [1.165, 1.54) is 4.90 Å². The zero-order valence-electron chi connectivity index (χ0n) is 15.3. The molecule has 0 spiro atoms. The van der Waals surface area contributed by atoms with Gasteiger partial charge in [-0.05, 0) is 42.9 Å². The van der Waals surface area contributed by atoms with Crippen LogP contribution in [0.25, 0.3) is 0 Å². The second-order valence-electron chi connectivity index (χ2n) is 5.79. The molecule has 5 nitrogen and oxygen atoms in total. The molecule has 144 valence electrons. The van der Waals surface area contributed by atoms with Gasteiger partial charge in [0.1, 0.15) is 5.75 Å². The molecule has 0 aliphatic heterocycles. The van der Waals surface area contributed by atoms with E-state index in [1.54, 1.807) is 11.8 Å². The third-order valence-electron chi connectivity index (χ3n) is 3.56. The number of hydrogen-bond donors (Lipinski definition) is 1. The van der Waals surface area contributed by atoms with E-state index in [2.05, 4.69) is 17.4 Å². The van der Waals surface area contributed by atoms with Crippen LogP contribution in [0, 0.1) is 0 Å². The quantitative estimate of drug-likeness (QED) is 0.342. The molecule has 2 aromatic carbocycles. The van der Waals surface area contributed by atoms with Crippen LogP contribution in [-0.4, -0.2) is 37.4 Å². The monoisotopic (exact) mass is 387 g/mol. The lowest BCUT2D eigenvalue weighted by Crippen LogP contribution is -2.29. The number of hydrogen-bond acceptors (Lipinski definition) is 5. The highest BCUT2D eigenvalue weighted by molar-refractivity contribution is 7.99. The summed E-state index contributed by atoms with van der Waals surface area (Å²) in [4.78, 5) is 24.5. The average Bonchev–Trinajstić information content (AvgIpc) is 2.71. The molecule has 6 heteroatoms. The van der Waals surface area contributed by atoms with E-state index in [0.29, 0.717) is 19.6 Å². The van der Waals surface area contributed by atoms with Gasteiger partial charge in [0, 0.05) is 17.9 Å². The second-order valence-corrected chi connectivity index (χ2v) is 6.96. The summed E-state index contributed by atoms with van der Waals surface area (Å²) in [5.74, 6) is 1.04. The second kappa shape index (κ2) is 12.8. The number of rotatable bonds is 12. The number of thioether (sulfide) groups is 1. The van der Waals surface area contributed by atoms with E-state index in [1.807, 2.05) is 48.5 Å². The number of esters is 1. The van der Waals surface area contributed by atoms with Gasteiger partial charge in [-0.1, -0.05) is 36.4 Å². The summed E-state index contributed by atoms with van der Waals surface area (Å²) in [7, 11) is 0. The topological polar surface area (TPSA) is 64.6 Å². The maximum absolute atomic E-state index is 11.7. The highest BCUT2D eigenvalue weighted by atomic mass is 32.2. The minimum absolute atomic E-state index is 0.230. The van der Waals surface area contributed by atoms with Crippen LogP contribution in [0.15, 0.2) is 65.6 Å². The first-order chi connectivity index (χ1) is 13.2. The maximum atomic E-state index is 11.7. The van der Waals surface area contributed by atoms with Gasteiger partial charge in [-0.15, -0.1) is 11.8 Å². The summed E-state index contributed by atoms with van der Waals surface area (Å²) in [6.45, 7) is 0.774. The number of carbonyl (C=O) groups is 2. The third-order valence-corrected chi connectivity index (χ3v) is 4.65. The van der Waals surface area contributed by atoms with E-state index in [0.717, 1.165) is 17.9 Å². The summed E-state index contributed by atoms with van der Waals surface area (Å²) < 4.78 is 10.5. The summed E-state index contributed by atoms with van der Waals surface area (Å²) in [5.41, 5.74) is 0. The van der Waals surface area contributed by atoms with E-state index < -0.39 is 0 Å². The van der Waals surface area contributed by atoms with Gasteiger partial charge >= 0.3 is 5.97 Å². The molecule has 0 fully saturated rings. The Hall–Kier alpha value is -2.47. The zero-order valence-corrected chi connectivity index (χ0v) is 16.1. The fourth-order valence-corrected chi connectivity index (χ4v) is 3.07. The summed E-state index contributed by atoms with van der Waals surface area (Å²) in [6, 6.07) is 19.5. The first-order valence-corrected chi connectivity index (χ1v) is 10.0. The molecule has 0 atom stereocenters. The van der Waals surface area contributed by atoms with E-state index in [4.69, 9.17) is 9.47 Å². The van der Waals surface area contributed by atoms with Gasteiger partial charge in [0.05, 0.1) is 6.61 Å². The SMILES string of the molecule is O=C(COC(=O)CCCOc1ccccc1)NCCCSc1ccccc1. The van der Waals surface area contributed by atoms with Crippen molar-refractivity contribution >= 4 is 23.6 Å². The van der Waals surface area contributed by atoms with E-state index in [9.17, 15) is 9.59 Å². The Morgan fingerprint density at radius 2 is 1.63 bits per heavy atom. The lowest BCUT2D eigenvalue weighted by molar-refractivity contribution is -0.148. The number of ether oxygens (including phenoxy) is 2. The molecule has 0 aliphatic rings. The maximum Gasteiger partial charge on any atom is 0.306 e. The first-order valence-electron chi connectivity index (χ1n) is 9.02. The van der Waals surface area contributed by atoms with Crippen LogP contribution in [0.4, 0.5) is 0 Å². The predicted molar refractivity (Wildman–Crippen MR) is 107 cm³/mol. The molecule has 2 aromatic rings. The Labute approximate surface area is 164 Å². The van der Waals surface area contributed by atoms with Gasteiger partial charge in [0.2, 0.25) is 0 Å². The third kappa shape index (κ3) is 9.70. The minimum atomic E-state index is -0.388. The van der Waals surface area contributed by atoms with Crippen LogP contribution in [0.5, 0.6) is 5.75 Å². The fraction of sp³-hybridized carbons (Fsp3) is 0.333. The molecule has 0 bridgehead atoms. The van der Waals surface area contributed by atoms with Crippen molar-refractivity contribution in [2.24, 2.45) is 0 Å². The Kier molecular flexibility index (Phi) is 9.89. The molecule has 0 aliphatic carbocycles. The van der Waals surface area contributed by atoms with E-state index >= 15 is 0 Å². The molecule has 0 unspecified atom stereocenters. The van der Waals surface area contributed by atoms with Crippen molar-refractivity contribution in [3.05, 3.63) is 60.7 Å². The van der Waals surface area contributed by atoms with Crippen molar-refractivity contribution in [1.82, 2.24) is 5.32 Å². The number of para-hydroxylation sites is 1. The smallest absolute Gasteiger partial charge is 0.306 e. The van der Waals surface area contributed by atoms with Crippen LogP contribution < -0.4 is 10.1 Å². The van der Waals surface area contributed by atoms with Crippen LogP contribution in [-0.2, 0) is 14.3 Å². The number of carbonyl (C=O) groups excluding carboxylic acids is 2. The molecule has 0 saturated heterocycles. The lowest BCUT2D eigenvalue weighted by Gasteiger charge is -2.07. The van der Waals surface area contributed by atoms with Crippen molar-refractivity contribution in [3.63, 3.8) is 0 Å². The molecule has 27 heavy (non-hydrogen) atoms. The van der Waals surface area contributed by atoms with Crippen molar-refractivity contribution in [2.45, 2.75) is 24.2 Å². The van der Waals surface area contributed by atoms with E-state index in [-0.39, 0.29) is 24.9 Å². The molecule has 0 heterocycles. The molecular formula is C21H25NO4S. The standard InChI is InChI=1S/C21H25NO4S/c23-20(22-14-8-16-27-19-11-5-2-6-12-19)17-26-21(24)13-7-15-25-18-9-3-1-4-10-18/h1-6,9-12H,7-8,13-17H2,(H,22,23). The Morgan fingerprint density at radius 1 is 0.926 bits per heavy atom. The predicted octanol–water partition coefficient (Wildman–Crippen LogP) is 3.69. The normalized spacial score (nSPS) is 10.2. The van der Waals surface area contributed by atoms with Crippen LogP contribution >= 0.6 is 11.8 Å². The number of nitrogens with one attached hydrogen (secondary N) is 1. The average molecular weight is 388 g/mol. The van der Waals surface area contributed by atoms with Gasteiger partial charge in [0.25, 0.3) is 5.91 Å². The Balaban J connectivity index is 1.44. The molecular weight excluding hydrogens is 362 g/mol. The highest BCUT2D eigenvalue weighted by Crippen LogP contribution is 2.17. The zero-order chi connectivity index (χ0) is 19.2. The first kappa shape index (κ1) is 20.8. The van der Waals surface area contributed by atoms with Crippen LogP contribution in [0.3, 0.4) is 0 Å². The Bertz CT molecular complexity index is 679. The fourth-order valence-electron chi connectivity index (χ4n) is 2.20.